The second-order valence-corrected chi connectivity index (χ2v) is 9.28. The second-order valence-electron chi connectivity index (χ2n) is 8.36. The van der Waals surface area contributed by atoms with Gasteiger partial charge in [0, 0.05) is 16.0 Å². The Balaban J connectivity index is 1.58. The molecule has 3 aromatic carbocycles. The zero-order chi connectivity index (χ0) is 22.9. The van der Waals surface area contributed by atoms with Crippen LogP contribution in [0.15, 0.2) is 87.9 Å². The SMILES string of the molecule is O=C(c1cccc(Br)c1)N1N=C2/C(=C\c3ccc(F)cc3)CCC[C@H]2[C@H]1c1ccc(F)cc1. The van der Waals surface area contributed by atoms with Crippen molar-refractivity contribution in [2.45, 2.75) is 25.3 Å². The highest BCUT2D eigenvalue weighted by atomic mass is 79.9. The van der Waals surface area contributed by atoms with Gasteiger partial charge in [0.2, 0.25) is 0 Å². The molecule has 166 valence electrons. The lowest BCUT2D eigenvalue weighted by Gasteiger charge is -2.29. The molecule has 2 aliphatic rings. The van der Waals surface area contributed by atoms with Crippen LogP contribution in [0.2, 0.25) is 0 Å². The Morgan fingerprint density at radius 1 is 1.00 bits per heavy atom. The van der Waals surface area contributed by atoms with E-state index in [2.05, 4.69) is 15.9 Å². The van der Waals surface area contributed by atoms with Crippen molar-refractivity contribution in [3.8, 4) is 0 Å². The number of benzene rings is 3. The Morgan fingerprint density at radius 2 is 1.70 bits per heavy atom. The standard InChI is InChI=1S/C27H21BrF2N2O/c28-21-5-1-4-20(16-21)27(33)32-26(18-9-13-23(30)14-10-18)24-6-2-3-19(25(24)31-32)15-17-7-11-22(29)12-8-17/h1,4-5,7-16,24,26H,2-3,6H2/b19-15-/t24-,26-/m1/s1. The summed E-state index contributed by atoms with van der Waals surface area (Å²) in [4.78, 5) is 13.6. The highest BCUT2D eigenvalue weighted by molar-refractivity contribution is 9.10. The van der Waals surface area contributed by atoms with Crippen molar-refractivity contribution >= 4 is 33.6 Å². The molecule has 0 N–H and O–H groups in total. The zero-order valence-corrected chi connectivity index (χ0v) is 19.3. The molecular weight excluding hydrogens is 486 g/mol. The lowest BCUT2D eigenvalue weighted by Crippen LogP contribution is -2.31. The van der Waals surface area contributed by atoms with Crippen molar-refractivity contribution in [2.24, 2.45) is 11.0 Å². The van der Waals surface area contributed by atoms with Gasteiger partial charge < -0.3 is 0 Å². The van der Waals surface area contributed by atoms with Crippen molar-refractivity contribution < 1.29 is 13.6 Å². The quantitative estimate of drug-likeness (QED) is 0.370. The van der Waals surface area contributed by atoms with Gasteiger partial charge in [0.25, 0.3) is 5.91 Å². The highest BCUT2D eigenvalue weighted by Crippen LogP contribution is 2.45. The summed E-state index contributed by atoms with van der Waals surface area (Å²) in [6, 6.07) is 19.6. The van der Waals surface area contributed by atoms with Crippen molar-refractivity contribution in [3.05, 3.63) is 111 Å². The predicted molar refractivity (Wildman–Crippen MR) is 129 cm³/mol. The van der Waals surface area contributed by atoms with Gasteiger partial charge in [-0.2, -0.15) is 5.10 Å². The third-order valence-electron chi connectivity index (χ3n) is 6.20. The van der Waals surface area contributed by atoms with E-state index in [1.54, 1.807) is 41.4 Å². The van der Waals surface area contributed by atoms with Crippen LogP contribution >= 0.6 is 15.9 Å². The second kappa shape index (κ2) is 9.02. The van der Waals surface area contributed by atoms with E-state index in [0.29, 0.717) is 5.56 Å². The molecule has 33 heavy (non-hydrogen) atoms. The molecule has 1 aliphatic heterocycles. The Hall–Kier alpha value is -3.12. The van der Waals surface area contributed by atoms with E-state index in [4.69, 9.17) is 5.10 Å². The minimum Gasteiger partial charge on any atom is -0.267 e. The van der Waals surface area contributed by atoms with Crippen LogP contribution in [0.5, 0.6) is 0 Å². The molecule has 0 saturated heterocycles. The van der Waals surface area contributed by atoms with Crippen molar-refractivity contribution in [3.63, 3.8) is 0 Å². The highest BCUT2D eigenvalue weighted by Gasteiger charge is 2.43. The van der Waals surface area contributed by atoms with E-state index in [0.717, 1.165) is 46.1 Å². The third kappa shape index (κ3) is 4.40. The Bertz CT molecular complexity index is 1250. The summed E-state index contributed by atoms with van der Waals surface area (Å²) >= 11 is 3.44. The lowest BCUT2D eigenvalue weighted by atomic mass is 9.77. The molecule has 1 fully saturated rings. The third-order valence-corrected chi connectivity index (χ3v) is 6.70. The summed E-state index contributed by atoms with van der Waals surface area (Å²) in [6.45, 7) is 0. The molecule has 1 aliphatic carbocycles. The summed E-state index contributed by atoms with van der Waals surface area (Å²) in [5.41, 5.74) is 4.21. The molecular formula is C27H21BrF2N2O. The van der Waals surface area contributed by atoms with Crippen LogP contribution in [-0.4, -0.2) is 16.6 Å². The molecule has 3 nitrogen and oxygen atoms in total. The zero-order valence-electron chi connectivity index (χ0n) is 17.7. The van der Waals surface area contributed by atoms with E-state index in [9.17, 15) is 13.6 Å². The number of carbonyl (C=O) groups is 1. The van der Waals surface area contributed by atoms with Gasteiger partial charge >= 0.3 is 0 Å². The smallest absolute Gasteiger partial charge is 0.267 e. The topological polar surface area (TPSA) is 32.7 Å². The first-order valence-electron chi connectivity index (χ1n) is 10.9. The molecule has 2 atom stereocenters. The number of carbonyl (C=O) groups excluding carboxylic acids is 1. The molecule has 1 amide bonds. The van der Waals surface area contributed by atoms with E-state index in [-0.39, 0.29) is 29.5 Å². The number of nitrogens with zero attached hydrogens (tertiary/aromatic N) is 2. The fourth-order valence-electron chi connectivity index (χ4n) is 4.68. The van der Waals surface area contributed by atoms with Gasteiger partial charge in [0.15, 0.2) is 0 Å². The van der Waals surface area contributed by atoms with Crippen molar-refractivity contribution in [1.82, 2.24) is 5.01 Å². The maximum absolute atomic E-state index is 13.7. The monoisotopic (exact) mass is 506 g/mol. The number of hydrogen-bond donors (Lipinski definition) is 0. The van der Waals surface area contributed by atoms with Crippen molar-refractivity contribution in [2.75, 3.05) is 0 Å². The van der Waals surface area contributed by atoms with Gasteiger partial charge in [-0.15, -0.1) is 0 Å². The molecule has 6 heteroatoms. The van der Waals surface area contributed by atoms with Crippen LogP contribution in [0.3, 0.4) is 0 Å². The van der Waals surface area contributed by atoms with Gasteiger partial charge in [0.05, 0.1) is 11.8 Å². The first kappa shape index (κ1) is 21.7. The number of allylic oxidation sites excluding steroid dienone is 1. The van der Waals surface area contributed by atoms with Gasteiger partial charge in [-0.25, -0.2) is 13.8 Å². The van der Waals surface area contributed by atoms with Gasteiger partial charge in [-0.3, -0.25) is 4.79 Å². The Labute approximate surface area is 199 Å². The summed E-state index contributed by atoms with van der Waals surface area (Å²) in [5, 5.41) is 6.39. The number of fused-ring (bicyclic) bond motifs is 1. The number of rotatable bonds is 3. The molecule has 1 saturated carbocycles. The number of hydrazone groups is 1. The van der Waals surface area contributed by atoms with E-state index < -0.39 is 0 Å². The number of amides is 1. The molecule has 0 radical (unpaired) electrons. The minimum absolute atomic E-state index is 0.00649. The molecule has 0 aromatic heterocycles. The van der Waals surface area contributed by atoms with E-state index in [1.807, 2.05) is 18.2 Å². The first-order chi connectivity index (χ1) is 16.0. The van der Waals surface area contributed by atoms with Crippen LogP contribution in [0.1, 0.15) is 46.8 Å². The van der Waals surface area contributed by atoms with Crippen LogP contribution in [-0.2, 0) is 0 Å². The van der Waals surface area contributed by atoms with Crippen LogP contribution in [0.4, 0.5) is 8.78 Å². The van der Waals surface area contributed by atoms with Gasteiger partial charge in [-0.1, -0.05) is 46.3 Å². The maximum Gasteiger partial charge on any atom is 0.274 e. The maximum atomic E-state index is 13.7. The van der Waals surface area contributed by atoms with Gasteiger partial charge in [0.1, 0.15) is 11.6 Å². The van der Waals surface area contributed by atoms with Crippen LogP contribution in [0.25, 0.3) is 6.08 Å². The van der Waals surface area contributed by atoms with E-state index in [1.165, 1.54) is 24.3 Å². The Morgan fingerprint density at radius 3 is 2.39 bits per heavy atom. The molecule has 0 spiro atoms. The van der Waals surface area contributed by atoms with Crippen molar-refractivity contribution in [1.29, 1.82) is 0 Å². The summed E-state index contributed by atoms with van der Waals surface area (Å²) in [6.07, 6.45) is 4.69. The first-order valence-corrected chi connectivity index (χ1v) is 11.7. The largest absolute Gasteiger partial charge is 0.274 e. The number of hydrogen-bond acceptors (Lipinski definition) is 2. The normalized spacial score (nSPS) is 21.1. The molecule has 0 unspecified atom stereocenters. The predicted octanol–water partition coefficient (Wildman–Crippen LogP) is 7.16. The average Bonchev–Trinajstić information content (AvgIpc) is 3.21. The molecule has 3 aromatic rings. The van der Waals surface area contributed by atoms with Gasteiger partial charge in [-0.05, 0) is 84.5 Å². The Kier molecular flexibility index (Phi) is 5.94. The number of halogens is 3. The molecule has 5 rings (SSSR count). The van der Waals surface area contributed by atoms with E-state index >= 15 is 0 Å². The fraction of sp³-hybridized carbons (Fsp3) is 0.185. The fourth-order valence-corrected chi connectivity index (χ4v) is 5.07. The molecule has 0 bridgehead atoms. The summed E-state index contributed by atoms with van der Waals surface area (Å²) in [5.74, 6) is -0.789. The van der Waals surface area contributed by atoms with Crippen LogP contribution in [0, 0.1) is 17.6 Å². The van der Waals surface area contributed by atoms with Crippen LogP contribution < -0.4 is 0 Å². The average molecular weight is 507 g/mol. The summed E-state index contributed by atoms with van der Waals surface area (Å²) < 4.78 is 27.8. The summed E-state index contributed by atoms with van der Waals surface area (Å²) in [7, 11) is 0. The minimum atomic E-state index is -0.316. The lowest BCUT2D eigenvalue weighted by molar-refractivity contribution is 0.0680. The molecule has 1 heterocycles.